The van der Waals surface area contributed by atoms with Crippen molar-refractivity contribution in [2.75, 3.05) is 7.05 Å². The smallest absolute Gasteiger partial charge is 0.252 e. The lowest BCUT2D eigenvalue weighted by atomic mass is 10.2. The van der Waals surface area contributed by atoms with E-state index in [4.69, 9.17) is 0 Å². The van der Waals surface area contributed by atoms with E-state index in [-0.39, 0.29) is 10.8 Å². The van der Waals surface area contributed by atoms with E-state index in [0.717, 1.165) is 22.5 Å². The average Bonchev–Trinajstić information content (AvgIpc) is 2.81. The van der Waals surface area contributed by atoms with E-state index in [1.165, 1.54) is 4.31 Å². The van der Waals surface area contributed by atoms with Crippen LogP contribution < -0.4 is 0 Å². The highest BCUT2D eigenvalue weighted by Gasteiger charge is 2.24. The Morgan fingerprint density at radius 3 is 2.45 bits per heavy atom. The fourth-order valence-electron chi connectivity index (χ4n) is 1.85. The van der Waals surface area contributed by atoms with Crippen molar-refractivity contribution in [3.8, 4) is 0 Å². The molecule has 4 nitrogen and oxygen atoms in total. The highest BCUT2D eigenvalue weighted by atomic mass is 32.2. The summed E-state index contributed by atoms with van der Waals surface area (Å²) >= 11 is 1.13. The molecule has 0 fully saturated rings. The predicted molar refractivity (Wildman–Crippen MR) is 80.1 cm³/mol. The zero-order valence-electron chi connectivity index (χ0n) is 11.4. The highest BCUT2D eigenvalue weighted by Crippen LogP contribution is 2.28. The van der Waals surface area contributed by atoms with Crippen LogP contribution in [0.2, 0.25) is 0 Å². The molecule has 1 N–H and O–H groups in total. The van der Waals surface area contributed by atoms with Crippen molar-refractivity contribution >= 4 is 21.4 Å². The molecule has 6 heteroatoms. The number of hydrogen-bond donors (Lipinski definition) is 1. The van der Waals surface area contributed by atoms with Crippen LogP contribution in [0.4, 0.5) is 0 Å². The zero-order valence-corrected chi connectivity index (χ0v) is 13.0. The minimum Gasteiger partial charge on any atom is -0.391 e. The van der Waals surface area contributed by atoms with Crippen LogP contribution >= 0.6 is 11.3 Å². The van der Waals surface area contributed by atoms with Gasteiger partial charge in [-0.25, -0.2) is 8.42 Å². The molecule has 108 valence electrons. The maximum Gasteiger partial charge on any atom is 0.252 e. The molecule has 0 aliphatic heterocycles. The van der Waals surface area contributed by atoms with Gasteiger partial charge in [0.2, 0.25) is 0 Å². The first-order valence-electron chi connectivity index (χ1n) is 6.15. The molecule has 0 aliphatic carbocycles. The second-order valence-corrected chi connectivity index (χ2v) is 7.98. The third kappa shape index (κ3) is 3.09. The first-order chi connectivity index (χ1) is 9.45. The Morgan fingerprint density at radius 2 is 1.90 bits per heavy atom. The van der Waals surface area contributed by atoms with Crippen LogP contribution in [0, 0.1) is 6.92 Å². The largest absolute Gasteiger partial charge is 0.391 e. The van der Waals surface area contributed by atoms with Crippen molar-refractivity contribution in [2.45, 2.75) is 24.3 Å². The molecule has 0 aliphatic rings. The Bertz CT molecular complexity index is 678. The Labute approximate surface area is 123 Å². The number of sulfonamides is 1. The van der Waals surface area contributed by atoms with Gasteiger partial charge in [0.1, 0.15) is 4.21 Å². The lowest BCUT2D eigenvalue weighted by Crippen LogP contribution is -2.25. The van der Waals surface area contributed by atoms with Gasteiger partial charge in [0.25, 0.3) is 10.0 Å². The van der Waals surface area contributed by atoms with Crippen LogP contribution in [0.3, 0.4) is 0 Å². The molecular weight excluding hydrogens is 294 g/mol. The van der Waals surface area contributed by atoms with Crippen LogP contribution in [0.15, 0.2) is 40.6 Å². The zero-order chi connectivity index (χ0) is 14.8. The van der Waals surface area contributed by atoms with Gasteiger partial charge in [0.05, 0.1) is 6.61 Å². The molecule has 20 heavy (non-hydrogen) atoms. The summed E-state index contributed by atoms with van der Waals surface area (Å²) in [5.41, 5.74) is 1.75. The summed E-state index contributed by atoms with van der Waals surface area (Å²) in [7, 11) is -1.94. The fourth-order valence-corrected chi connectivity index (χ4v) is 4.67. The van der Waals surface area contributed by atoms with Crippen molar-refractivity contribution in [3.63, 3.8) is 0 Å². The lowest BCUT2D eigenvalue weighted by Gasteiger charge is -2.16. The minimum absolute atomic E-state index is 0.131. The molecule has 1 heterocycles. The average molecular weight is 311 g/mol. The topological polar surface area (TPSA) is 57.6 Å². The fraction of sp³-hybridized carbons (Fsp3) is 0.286. The van der Waals surface area contributed by atoms with Crippen molar-refractivity contribution in [1.29, 1.82) is 0 Å². The van der Waals surface area contributed by atoms with E-state index >= 15 is 0 Å². The maximum atomic E-state index is 12.5. The summed E-state index contributed by atoms with van der Waals surface area (Å²) in [6.45, 7) is 2.00. The number of aliphatic hydroxyl groups excluding tert-OH is 1. The van der Waals surface area contributed by atoms with Crippen molar-refractivity contribution in [2.24, 2.45) is 0 Å². The Balaban J connectivity index is 2.25. The molecule has 0 radical (unpaired) electrons. The Hall–Kier alpha value is -1.21. The van der Waals surface area contributed by atoms with E-state index in [1.54, 1.807) is 20.0 Å². The first kappa shape index (κ1) is 15.2. The molecule has 0 bridgehead atoms. The Morgan fingerprint density at radius 1 is 1.25 bits per heavy atom. The quantitative estimate of drug-likeness (QED) is 0.922. The van der Waals surface area contributed by atoms with Gasteiger partial charge in [0, 0.05) is 18.5 Å². The SMILES string of the molecule is Cc1cc(S(=O)(=O)N(C)Cc2ccccc2)sc1CO. The number of aliphatic hydroxyl groups is 1. The van der Waals surface area contributed by atoms with Gasteiger partial charge in [-0.1, -0.05) is 30.3 Å². The number of aryl methyl sites for hydroxylation is 1. The molecular formula is C14H17NO3S2. The second kappa shape index (κ2) is 6.05. The van der Waals surface area contributed by atoms with Gasteiger partial charge in [-0.05, 0) is 24.1 Å². The first-order valence-corrected chi connectivity index (χ1v) is 8.41. The van der Waals surface area contributed by atoms with Crippen LogP contribution in [0.1, 0.15) is 16.0 Å². The molecule has 2 aromatic rings. The minimum atomic E-state index is -3.51. The lowest BCUT2D eigenvalue weighted by molar-refractivity contribution is 0.285. The Kier molecular flexibility index (Phi) is 4.59. The number of hydrogen-bond acceptors (Lipinski definition) is 4. The molecule has 0 unspecified atom stereocenters. The summed E-state index contributed by atoms with van der Waals surface area (Å²) in [6, 6.07) is 11.1. The molecule has 0 spiro atoms. The maximum absolute atomic E-state index is 12.5. The summed E-state index contributed by atoms with van der Waals surface area (Å²) in [5, 5.41) is 9.17. The van der Waals surface area contributed by atoms with Gasteiger partial charge in [-0.2, -0.15) is 4.31 Å². The van der Waals surface area contributed by atoms with Gasteiger partial charge in [-0.3, -0.25) is 0 Å². The third-order valence-electron chi connectivity index (χ3n) is 3.05. The normalized spacial score (nSPS) is 12.0. The summed E-state index contributed by atoms with van der Waals surface area (Å²) in [6.07, 6.45) is 0. The third-order valence-corrected chi connectivity index (χ3v) is 6.53. The number of nitrogens with zero attached hydrogens (tertiary/aromatic N) is 1. The summed E-state index contributed by atoms with van der Waals surface area (Å²) in [5.74, 6) is 0. The predicted octanol–water partition coefficient (Wildman–Crippen LogP) is 2.37. The number of benzene rings is 1. The monoisotopic (exact) mass is 311 g/mol. The van der Waals surface area contributed by atoms with Gasteiger partial charge in [-0.15, -0.1) is 11.3 Å². The van der Waals surface area contributed by atoms with Gasteiger partial charge in [0.15, 0.2) is 0 Å². The second-order valence-electron chi connectivity index (χ2n) is 4.58. The number of rotatable bonds is 5. The van der Waals surface area contributed by atoms with Crippen LogP contribution in [0.5, 0.6) is 0 Å². The van der Waals surface area contributed by atoms with Crippen LogP contribution in [0.25, 0.3) is 0 Å². The van der Waals surface area contributed by atoms with Gasteiger partial charge < -0.3 is 5.11 Å². The molecule has 0 saturated heterocycles. The summed E-state index contributed by atoms with van der Waals surface area (Å²) < 4.78 is 26.5. The molecule has 1 aromatic carbocycles. The molecule has 1 aromatic heterocycles. The van der Waals surface area contributed by atoms with E-state index in [1.807, 2.05) is 30.3 Å². The molecule has 0 amide bonds. The molecule has 0 saturated carbocycles. The molecule has 0 atom stereocenters. The summed E-state index contributed by atoms with van der Waals surface area (Å²) in [4.78, 5) is 0.691. The molecule has 2 rings (SSSR count). The highest BCUT2D eigenvalue weighted by molar-refractivity contribution is 7.91. The van der Waals surface area contributed by atoms with E-state index in [0.29, 0.717) is 11.4 Å². The van der Waals surface area contributed by atoms with Crippen molar-refractivity contribution < 1.29 is 13.5 Å². The van der Waals surface area contributed by atoms with Gasteiger partial charge >= 0.3 is 0 Å². The van der Waals surface area contributed by atoms with E-state index < -0.39 is 10.0 Å². The van der Waals surface area contributed by atoms with Crippen LogP contribution in [-0.2, 0) is 23.2 Å². The van der Waals surface area contributed by atoms with Crippen molar-refractivity contribution in [3.05, 3.63) is 52.4 Å². The van der Waals surface area contributed by atoms with Crippen molar-refractivity contribution in [1.82, 2.24) is 4.31 Å². The standard InChI is InChI=1S/C14H17NO3S2/c1-11-8-14(19-13(11)10-16)20(17,18)15(2)9-12-6-4-3-5-7-12/h3-8,16H,9-10H2,1-2H3. The van der Waals surface area contributed by atoms with Crippen LogP contribution in [-0.4, -0.2) is 24.9 Å². The number of thiophene rings is 1. The van der Waals surface area contributed by atoms with E-state index in [2.05, 4.69) is 0 Å². The van der Waals surface area contributed by atoms with E-state index in [9.17, 15) is 13.5 Å².